The molecule has 3 heteroatoms. The highest BCUT2D eigenvalue weighted by atomic mass is 16.7. The topological polar surface area (TPSA) is 35.5 Å². The Labute approximate surface area is 185 Å². The monoisotopic (exact) mass is 416 g/mol. The molecule has 1 unspecified atom stereocenters. The molecule has 0 aromatic carbocycles. The largest absolute Gasteiger partial charge is 0.508 e. The first-order chi connectivity index (χ1) is 14.4. The molecule has 0 amide bonds. The fraction of sp³-hybridized carbons (Fsp3) is 0.593. The van der Waals surface area contributed by atoms with Crippen molar-refractivity contribution in [3.8, 4) is 0 Å². The van der Waals surface area contributed by atoms with E-state index in [2.05, 4.69) is 74.6 Å². The second kappa shape index (κ2) is 19.0. The number of carbonyl (C=O) groups is 1. The van der Waals surface area contributed by atoms with Crippen LogP contribution in [0.4, 0.5) is 4.79 Å². The molecule has 0 spiro atoms. The molecular weight excluding hydrogens is 372 g/mol. The van der Waals surface area contributed by atoms with Crippen molar-refractivity contribution in [3.05, 3.63) is 60.8 Å². The Morgan fingerprint density at radius 3 is 1.67 bits per heavy atom. The molecule has 0 rings (SSSR count). The summed E-state index contributed by atoms with van der Waals surface area (Å²) < 4.78 is 10.4. The van der Waals surface area contributed by atoms with Gasteiger partial charge in [0.1, 0.15) is 5.60 Å². The van der Waals surface area contributed by atoms with Crippen molar-refractivity contribution in [2.45, 2.75) is 91.6 Å². The summed E-state index contributed by atoms with van der Waals surface area (Å²) in [6, 6.07) is 0. The van der Waals surface area contributed by atoms with Crippen LogP contribution in [0.1, 0.15) is 86.0 Å². The quantitative estimate of drug-likeness (QED) is 0.198. The van der Waals surface area contributed by atoms with Crippen molar-refractivity contribution >= 4 is 6.16 Å². The van der Waals surface area contributed by atoms with Gasteiger partial charge in [-0.1, -0.05) is 81.0 Å². The molecule has 0 aromatic rings. The maximum Gasteiger partial charge on any atom is 0.508 e. The number of allylic oxidation sites excluding steroid dienone is 10. The summed E-state index contributed by atoms with van der Waals surface area (Å²) >= 11 is 0. The van der Waals surface area contributed by atoms with Crippen molar-refractivity contribution < 1.29 is 14.3 Å². The van der Waals surface area contributed by atoms with Gasteiger partial charge >= 0.3 is 6.16 Å². The Balaban J connectivity index is 3.79. The zero-order valence-corrected chi connectivity index (χ0v) is 19.9. The highest BCUT2D eigenvalue weighted by molar-refractivity contribution is 5.60. The number of hydrogen-bond acceptors (Lipinski definition) is 3. The van der Waals surface area contributed by atoms with Crippen LogP contribution in [0.5, 0.6) is 0 Å². The third kappa shape index (κ3) is 20.7. The van der Waals surface area contributed by atoms with Gasteiger partial charge in [0.15, 0.2) is 0 Å². The van der Waals surface area contributed by atoms with Gasteiger partial charge in [0, 0.05) is 0 Å². The van der Waals surface area contributed by atoms with E-state index < -0.39 is 11.8 Å². The Hall–Kier alpha value is -2.03. The molecular formula is C27H44O3. The molecule has 170 valence electrons. The number of carbonyl (C=O) groups excluding carboxylic acids is 1. The average molecular weight is 417 g/mol. The van der Waals surface area contributed by atoms with Gasteiger partial charge in [-0.15, -0.1) is 0 Å². The van der Waals surface area contributed by atoms with Gasteiger partial charge in [0.05, 0.1) is 6.61 Å². The van der Waals surface area contributed by atoms with Crippen LogP contribution in [-0.4, -0.2) is 18.4 Å². The molecule has 0 aliphatic rings. The molecule has 0 saturated carbocycles. The van der Waals surface area contributed by atoms with E-state index in [1.807, 2.05) is 20.8 Å². The van der Waals surface area contributed by atoms with E-state index in [0.29, 0.717) is 12.5 Å². The summed E-state index contributed by atoms with van der Waals surface area (Å²) in [6.45, 7) is 10.2. The fourth-order valence-corrected chi connectivity index (χ4v) is 2.57. The predicted octanol–water partition coefficient (Wildman–Crippen LogP) is 8.50. The van der Waals surface area contributed by atoms with Crippen LogP contribution in [0.2, 0.25) is 0 Å². The van der Waals surface area contributed by atoms with Crippen LogP contribution in [0.25, 0.3) is 0 Å². The lowest BCUT2D eigenvalue weighted by atomic mass is 10.0. The van der Waals surface area contributed by atoms with Gasteiger partial charge in [0.2, 0.25) is 0 Å². The second-order valence-electron chi connectivity index (χ2n) is 8.34. The zero-order valence-electron chi connectivity index (χ0n) is 19.9. The number of ether oxygens (including phenoxy) is 2. The minimum atomic E-state index is -0.573. The Morgan fingerprint density at radius 2 is 1.23 bits per heavy atom. The Bertz CT molecular complexity index is 559. The molecule has 0 N–H and O–H groups in total. The Kier molecular flexibility index (Phi) is 17.7. The average Bonchev–Trinajstić information content (AvgIpc) is 2.68. The minimum Gasteiger partial charge on any atom is -0.434 e. The maximum atomic E-state index is 11.6. The summed E-state index contributed by atoms with van der Waals surface area (Å²) in [4.78, 5) is 11.6. The van der Waals surface area contributed by atoms with Gasteiger partial charge in [0.25, 0.3) is 0 Å². The number of hydrogen-bond donors (Lipinski definition) is 0. The molecule has 1 atom stereocenters. The lowest BCUT2D eigenvalue weighted by Gasteiger charge is -2.20. The van der Waals surface area contributed by atoms with Gasteiger partial charge in [-0.05, 0) is 71.6 Å². The molecule has 0 aliphatic heterocycles. The van der Waals surface area contributed by atoms with Crippen molar-refractivity contribution in [1.82, 2.24) is 0 Å². The standard InChI is InChI=1S/C27H44O3/c1-6-8-9-10-11-12-13-14-15-16-17-18-19-20-21-22-23-25(7-2)24-29-26(28)30-27(3,4)5/h8-9,11-12,14-15,17-18,20-21,25H,6-7,10,13,16,19,22-24H2,1-5H3. The van der Waals surface area contributed by atoms with Crippen LogP contribution in [-0.2, 0) is 9.47 Å². The molecule has 3 nitrogen and oxygen atoms in total. The first-order valence-corrected chi connectivity index (χ1v) is 11.5. The van der Waals surface area contributed by atoms with Gasteiger partial charge < -0.3 is 9.47 Å². The molecule has 0 aromatic heterocycles. The molecule has 0 fully saturated rings. The van der Waals surface area contributed by atoms with Gasteiger partial charge in [-0.2, -0.15) is 0 Å². The van der Waals surface area contributed by atoms with Crippen LogP contribution in [0, 0.1) is 5.92 Å². The van der Waals surface area contributed by atoms with Crippen LogP contribution < -0.4 is 0 Å². The summed E-state index contributed by atoms with van der Waals surface area (Å²) in [5.74, 6) is 0.375. The highest BCUT2D eigenvalue weighted by Crippen LogP contribution is 2.14. The lowest BCUT2D eigenvalue weighted by molar-refractivity contribution is -0.0137. The van der Waals surface area contributed by atoms with Crippen molar-refractivity contribution in [2.24, 2.45) is 5.92 Å². The summed E-state index contributed by atoms with van der Waals surface area (Å²) in [7, 11) is 0. The van der Waals surface area contributed by atoms with Crippen molar-refractivity contribution in [3.63, 3.8) is 0 Å². The van der Waals surface area contributed by atoms with E-state index in [4.69, 9.17) is 9.47 Å². The Morgan fingerprint density at radius 1 is 0.767 bits per heavy atom. The van der Waals surface area contributed by atoms with E-state index in [-0.39, 0.29) is 0 Å². The summed E-state index contributed by atoms with van der Waals surface area (Å²) in [6.07, 6.45) is 29.6. The van der Waals surface area contributed by atoms with Gasteiger partial charge in [-0.3, -0.25) is 0 Å². The van der Waals surface area contributed by atoms with E-state index in [1.54, 1.807) is 0 Å². The lowest BCUT2D eigenvalue weighted by Crippen LogP contribution is -2.25. The van der Waals surface area contributed by atoms with E-state index in [0.717, 1.165) is 51.4 Å². The maximum absolute atomic E-state index is 11.6. The third-order valence-electron chi connectivity index (χ3n) is 4.30. The van der Waals surface area contributed by atoms with E-state index >= 15 is 0 Å². The third-order valence-corrected chi connectivity index (χ3v) is 4.30. The summed E-state index contributed by atoms with van der Waals surface area (Å²) in [5, 5.41) is 0. The molecule has 0 heterocycles. The molecule has 0 radical (unpaired) electrons. The molecule has 0 aliphatic carbocycles. The molecule has 0 bridgehead atoms. The predicted molar refractivity (Wildman–Crippen MR) is 130 cm³/mol. The molecule has 0 saturated heterocycles. The first kappa shape index (κ1) is 28.0. The number of rotatable bonds is 15. The second-order valence-corrected chi connectivity index (χ2v) is 8.34. The SMILES string of the molecule is CCC=CCC=CCC=CCC=CCC=CCCC(CC)COC(=O)OC(C)(C)C. The fourth-order valence-electron chi connectivity index (χ4n) is 2.57. The smallest absolute Gasteiger partial charge is 0.434 e. The highest BCUT2D eigenvalue weighted by Gasteiger charge is 2.18. The first-order valence-electron chi connectivity index (χ1n) is 11.5. The van der Waals surface area contributed by atoms with Gasteiger partial charge in [-0.25, -0.2) is 4.79 Å². The normalized spacial score (nSPS) is 14.0. The molecule has 30 heavy (non-hydrogen) atoms. The van der Waals surface area contributed by atoms with E-state index in [9.17, 15) is 4.79 Å². The summed E-state index contributed by atoms with van der Waals surface area (Å²) in [5.41, 5.74) is -0.506. The zero-order chi connectivity index (χ0) is 22.5. The van der Waals surface area contributed by atoms with Crippen molar-refractivity contribution in [2.75, 3.05) is 6.61 Å². The van der Waals surface area contributed by atoms with Crippen LogP contribution in [0.15, 0.2) is 60.8 Å². The van der Waals surface area contributed by atoms with Crippen molar-refractivity contribution in [1.29, 1.82) is 0 Å². The van der Waals surface area contributed by atoms with Crippen LogP contribution >= 0.6 is 0 Å². The van der Waals surface area contributed by atoms with E-state index in [1.165, 1.54) is 0 Å². The van der Waals surface area contributed by atoms with Crippen LogP contribution in [0.3, 0.4) is 0 Å². The minimum absolute atomic E-state index is 0.375.